The van der Waals surface area contributed by atoms with Crippen LogP contribution in [0.4, 0.5) is 5.69 Å². The van der Waals surface area contributed by atoms with Crippen LogP contribution >= 0.6 is 12.2 Å². The highest BCUT2D eigenvalue weighted by molar-refractivity contribution is 7.80. The predicted octanol–water partition coefficient (Wildman–Crippen LogP) is 3.19. The number of piperidine rings is 1. The standard InChI is InChI=1S/C19H29N3O2S/c1-14-6-4-10-22(13-14)11-5-9-20-19(25)21-17-12-16(18(23)24-3)8-7-15(17)2/h7-8,12,14H,4-6,9-11,13H2,1-3H3,(H2,20,21,25)/t14-/m0/s1. The fraction of sp³-hybridized carbons (Fsp3) is 0.579. The molecule has 1 aliphatic rings. The summed E-state index contributed by atoms with van der Waals surface area (Å²) in [4.78, 5) is 14.2. The third kappa shape index (κ3) is 6.29. The third-order valence-corrected chi connectivity index (χ3v) is 4.83. The lowest BCUT2D eigenvalue weighted by atomic mass is 10.0. The predicted molar refractivity (Wildman–Crippen MR) is 106 cm³/mol. The van der Waals surface area contributed by atoms with Crippen molar-refractivity contribution >= 4 is 29.0 Å². The van der Waals surface area contributed by atoms with Crippen molar-refractivity contribution in [2.24, 2.45) is 5.92 Å². The van der Waals surface area contributed by atoms with Gasteiger partial charge in [0.2, 0.25) is 0 Å². The Hall–Kier alpha value is -1.66. The molecule has 1 fully saturated rings. The van der Waals surface area contributed by atoms with Gasteiger partial charge in [-0.3, -0.25) is 0 Å². The Bertz CT molecular complexity index is 606. The average molecular weight is 364 g/mol. The Kier molecular flexibility index (Phi) is 7.65. The fourth-order valence-electron chi connectivity index (χ4n) is 3.16. The summed E-state index contributed by atoms with van der Waals surface area (Å²) in [6.45, 7) is 8.68. The molecule has 0 aromatic heterocycles. The molecule has 25 heavy (non-hydrogen) atoms. The molecule has 1 aliphatic heterocycles. The van der Waals surface area contributed by atoms with Gasteiger partial charge in [0.1, 0.15) is 0 Å². The monoisotopic (exact) mass is 363 g/mol. The summed E-state index contributed by atoms with van der Waals surface area (Å²) >= 11 is 5.37. The highest BCUT2D eigenvalue weighted by Crippen LogP contribution is 2.18. The van der Waals surface area contributed by atoms with E-state index in [1.807, 2.05) is 13.0 Å². The quantitative estimate of drug-likeness (QED) is 0.460. The first kappa shape index (κ1) is 19.7. The van der Waals surface area contributed by atoms with E-state index in [1.165, 1.54) is 33.0 Å². The zero-order valence-electron chi connectivity index (χ0n) is 15.4. The van der Waals surface area contributed by atoms with E-state index in [0.717, 1.165) is 36.7 Å². The molecule has 0 saturated carbocycles. The Morgan fingerprint density at radius 1 is 1.44 bits per heavy atom. The number of carbonyl (C=O) groups is 1. The van der Waals surface area contributed by atoms with Gasteiger partial charge in [-0.25, -0.2) is 4.79 Å². The minimum atomic E-state index is -0.349. The number of ether oxygens (including phenoxy) is 1. The van der Waals surface area contributed by atoms with Gasteiger partial charge in [-0.05, 0) is 75.1 Å². The number of methoxy groups -OCH3 is 1. The maximum absolute atomic E-state index is 11.6. The average Bonchev–Trinajstić information content (AvgIpc) is 2.60. The minimum absolute atomic E-state index is 0.349. The van der Waals surface area contributed by atoms with Crippen LogP contribution in [0, 0.1) is 12.8 Å². The largest absolute Gasteiger partial charge is 0.465 e. The first-order valence-electron chi connectivity index (χ1n) is 8.95. The van der Waals surface area contributed by atoms with Crippen LogP contribution < -0.4 is 10.6 Å². The van der Waals surface area contributed by atoms with Gasteiger partial charge < -0.3 is 20.3 Å². The van der Waals surface area contributed by atoms with Gasteiger partial charge in [0.15, 0.2) is 5.11 Å². The molecule has 6 heteroatoms. The van der Waals surface area contributed by atoms with Gasteiger partial charge in [0.25, 0.3) is 0 Å². The molecule has 0 unspecified atom stereocenters. The van der Waals surface area contributed by atoms with Crippen LogP contribution in [0.1, 0.15) is 42.1 Å². The maximum Gasteiger partial charge on any atom is 0.337 e. The molecule has 1 aromatic rings. The van der Waals surface area contributed by atoms with Gasteiger partial charge in [-0.2, -0.15) is 0 Å². The Balaban J connectivity index is 1.75. The molecule has 1 heterocycles. The van der Waals surface area contributed by atoms with Crippen LogP contribution in [0.5, 0.6) is 0 Å². The Morgan fingerprint density at radius 2 is 2.24 bits per heavy atom. The maximum atomic E-state index is 11.6. The summed E-state index contributed by atoms with van der Waals surface area (Å²) in [5.41, 5.74) is 2.36. The van der Waals surface area contributed by atoms with Crippen LogP contribution in [-0.2, 0) is 4.74 Å². The smallest absolute Gasteiger partial charge is 0.337 e. The lowest BCUT2D eigenvalue weighted by molar-refractivity contribution is 0.0601. The molecule has 2 rings (SSSR count). The molecular formula is C19H29N3O2S. The SMILES string of the molecule is COC(=O)c1ccc(C)c(NC(=S)NCCCN2CCC[C@H](C)C2)c1. The van der Waals surface area contributed by atoms with Gasteiger partial charge >= 0.3 is 5.97 Å². The number of carbonyl (C=O) groups excluding carboxylic acids is 1. The van der Waals surface area contributed by atoms with Crippen LogP contribution in [0.15, 0.2) is 18.2 Å². The molecule has 0 aliphatic carbocycles. The van der Waals surface area contributed by atoms with Gasteiger partial charge in [0, 0.05) is 18.8 Å². The number of hydrogen-bond acceptors (Lipinski definition) is 4. The number of esters is 1. The second-order valence-corrected chi connectivity index (χ2v) is 7.21. The molecule has 0 radical (unpaired) electrons. The van der Waals surface area contributed by atoms with Crippen molar-refractivity contribution in [2.45, 2.75) is 33.1 Å². The first-order valence-corrected chi connectivity index (χ1v) is 9.36. The van der Waals surface area contributed by atoms with E-state index in [1.54, 1.807) is 12.1 Å². The number of nitrogens with one attached hydrogen (secondary N) is 2. The van der Waals surface area contributed by atoms with E-state index in [4.69, 9.17) is 17.0 Å². The van der Waals surface area contributed by atoms with Crippen LogP contribution in [0.2, 0.25) is 0 Å². The molecule has 0 bridgehead atoms. The van der Waals surface area contributed by atoms with Crippen LogP contribution in [0.25, 0.3) is 0 Å². The number of thiocarbonyl (C=S) groups is 1. The van der Waals surface area contributed by atoms with Gasteiger partial charge in [-0.15, -0.1) is 0 Å². The first-order chi connectivity index (χ1) is 12.0. The zero-order chi connectivity index (χ0) is 18.2. The Morgan fingerprint density at radius 3 is 2.96 bits per heavy atom. The van der Waals surface area contributed by atoms with E-state index in [9.17, 15) is 4.79 Å². The molecule has 5 nitrogen and oxygen atoms in total. The van der Waals surface area contributed by atoms with Crippen molar-refractivity contribution in [3.05, 3.63) is 29.3 Å². The number of aryl methyl sites for hydroxylation is 1. The van der Waals surface area contributed by atoms with Crippen molar-refractivity contribution in [1.29, 1.82) is 0 Å². The highest BCUT2D eigenvalue weighted by Gasteiger charge is 2.15. The molecule has 1 atom stereocenters. The zero-order valence-corrected chi connectivity index (χ0v) is 16.2. The molecule has 2 N–H and O–H groups in total. The topological polar surface area (TPSA) is 53.6 Å². The van der Waals surface area contributed by atoms with E-state index in [-0.39, 0.29) is 5.97 Å². The van der Waals surface area contributed by atoms with E-state index in [2.05, 4.69) is 22.5 Å². The van der Waals surface area contributed by atoms with Crippen molar-refractivity contribution in [2.75, 3.05) is 38.6 Å². The summed E-state index contributed by atoms with van der Waals surface area (Å²) in [6.07, 6.45) is 3.73. The molecular weight excluding hydrogens is 334 g/mol. The summed E-state index contributed by atoms with van der Waals surface area (Å²) in [5, 5.41) is 7.00. The summed E-state index contributed by atoms with van der Waals surface area (Å²) in [5.74, 6) is 0.465. The lowest BCUT2D eigenvalue weighted by Crippen LogP contribution is -2.37. The van der Waals surface area contributed by atoms with Crippen molar-refractivity contribution < 1.29 is 9.53 Å². The third-order valence-electron chi connectivity index (χ3n) is 4.58. The number of rotatable bonds is 6. The number of hydrogen-bond donors (Lipinski definition) is 2. The number of nitrogens with zero attached hydrogens (tertiary/aromatic N) is 1. The fourth-order valence-corrected chi connectivity index (χ4v) is 3.37. The van der Waals surface area contributed by atoms with Crippen molar-refractivity contribution in [1.82, 2.24) is 10.2 Å². The van der Waals surface area contributed by atoms with E-state index >= 15 is 0 Å². The number of likely N-dealkylation sites (tertiary alicyclic amines) is 1. The second kappa shape index (κ2) is 9.73. The second-order valence-electron chi connectivity index (χ2n) is 6.80. The highest BCUT2D eigenvalue weighted by atomic mass is 32.1. The normalized spacial score (nSPS) is 17.8. The minimum Gasteiger partial charge on any atom is -0.465 e. The lowest BCUT2D eigenvalue weighted by Gasteiger charge is -2.30. The van der Waals surface area contributed by atoms with Gasteiger partial charge in [0.05, 0.1) is 12.7 Å². The Labute approximate surface area is 156 Å². The molecule has 1 aromatic carbocycles. The van der Waals surface area contributed by atoms with Crippen molar-refractivity contribution in [3.63, 3.8) is 0 Å². The summed E-state index contributed by atoms with van der Waals surface area (Å²) in [7, 11) is 1.38. The molecule has 138 valence electrons. The summed E-state index contributed by atoms with van der Waals surface area (Å²) in [6, 6.07) is 5.40. The number of benzene rings is 1. The van der Waals surface area contributed by atoms with Gasteiger partial charge in [-0.1, -0.05) is 13.0 Å². The molecule has 1 saturated heterocycles. The molecule has 0 spiro atoms. The summed E-state index contributed by atoms with van der Waals surface area (Å²) < 4.78 is 4.76. The van der Waals surface area contributed by atoms with Crippen molar-refractivity contribution in [3.8, 4) is 0 Å². The van der Waals surface area contributed by atoms with Crippen LogP contribution in [0.3, 0.4) is 0 Å². The van der Waals surface area contributed by atoms with E-state index < -0.39 is 0 Å². The van der Waals surface area contributed by atoms with Crippen LogP contribution in [-0.4, -0.2) is 49.3 Å². The molecule has 0 amide bonds. The number of anilines is 1. The van der Waals surface area contributed by atoms with E-state index in [0.29, 0.717) is 10.7 Å².